The zero-order valence-corrected chi connectivity index (χ0v) is 16.1. The number of rotatable bonds is 3. The maximum absolute atomic E-state index is 12.9. The molecule has 0 aromatic carbocycles. The minimum atomic E-state index is -0.435. The average Bonchev–Trinajstić information content (AvgIpc) is 3.33. The molecule has 0 saturated carbocycles. The second kappa shape index (κ2) is 7.24. The van der Waals surface area contributed by atoms with E-state index < -0.39 is 11.8 Å². The summed E-state index contributed by atoms with van der Waals surface area (Å²) in [6.07, 6.45) is 6.77. The van der Waals surface area contributed by atoms with E-state index in [1.807, 2.05) is 49.0 Å². The lowest BCUT2D eigenvalue weighted by atomic mass is 10.1. The van der Waals surface area contributed by atoms with E-state index in [1.165, 1.54) is 17.5 Å². The minimum Gasteiger partial charge on any atom is -0.322 e. The number of carbonyl (C=O) groups is 2. The fourth-order valence-electron chi connectivity index (χ4n) is 3.05. The molecular formula is C20H17N5O2S. The molecule has 4 rings (SSSR count). The highest BCUT2D eigenvalue weighted by molar-refractivity contribution is 7.21. The van der Waals surface area contributed by atoms with Gasteiger partial charge in [0, 0.05) is 35.9 Å². The Morgan fingerprint density at radius 1 is 1.07 bits per heavy atom. The van der Waals surface area contributed by atoms with Crippen LogP contribution in [0.25, 0.3) is 15.9 Å². The van der Waals surface area contributed by atoms with E-state index in [2.05, 4.69) is 20.8 Å². The number of nitrogens with zero attached hydrogens (tertiary/aromatic N) is 3. The third-order valence-electron chi connectivity index (χ3n) is 4.24. The molecule has 140 valence electrons. The van der Waals surface area contributed by atoms with E-state index in [0.717, 1.165) is 27.2 Å². The van der Waals surface area contributed by atoms with E-state index in [9.17, 15) is 9.59 Å². The van der Waals surface area contributed by atoms with E-state index in [1.54, 1.807) is 18.3 Å². The number of thiophene rings is 1. The molecule has 28 heavy (non-hydrogen) atoms. The van der Waals surface area contributed by atoms with Gasteiger partial charge in [0.05, 0.1) is 11.3 Å². The first kappa shape index (κ1) is 17.9. The van der Waals surface area contributed by atoms with Crippen molar-refractivity contribution in [1.29, 1.82) is 0 Å². The van der Waals surface area contributed by atoms with Crippen molar-refractivity contribution in [1.82, 2.24) is 25.4 Å². The maximum atomic E-state index is 12.9. The summed E-state index contributed by atoms with van der Waals surface area (Å²) in [5.41, 5.74) is 7.98. The molecule has 0 unspecified atom stereocenters. The Morgan fingerprint density at radius 3 is 2.54 bits per heavy atom. The first-order valence-corrected chi connectivity index (χ1v) is 9.41. The molecule has 0 bridgehead atoms. The average molecular weight is 391 g/mol. The molecule has 7 nitrogen and oxygen atoms in total. The molecule has 0 aliphatic carbocycles. The summed E-state index contributed by atoms with van der Waals surface area (Å²) in [6, 6.07) is 9.06. The molecule has 2 amide bonds. The molecule has 0 radical (unpaired) electrons. The Morgan fingerprint density at radius 2 is 1.82 bits per heavy atom. The van der Waals surface area contributed by atoms with Crippen LogP contribution in [0.3, 0.4) is 0 Å². The number of hydrazine groups is 1. The Bertz CT molecular complexity index is 1170. The lowest BCUT2D eigenvalue weighted by Gasteiger charge is -2.09. The van der Waals surface area contributed by atoms with Crippen LogP contribution in [0, 0.1) is 13.8 Å². The summed E-state index contributed by atoms with van der Waals surface area (Å²) < 4.78 is 1.89. The standard InChI is InChI=1S/C20H17N5O2S/c1-12-10-13(2)22-20-15(12)16(25-8-3-4-9-25)17(28-20)19(27)24-23-18(26)14-6-5-7-21-11-14/h3-11H,1-2H3,(H,23,26)(H,24,27). The lowest BCUT2D eigenvalue weighted by molar-refractivity contribution is 0.0848. The number of aromatic nitrogens is 3. The van der Waals surface area contributed by atoms with Crippen molar-refractivity contribution in [2.24, 2.45) is 0 Å². The molecule has 4 heterocycles. The van der Waals surface area contributed by atoms with Gasteiger partial charge in [-0.25, -0.2) is 4.98 Å². The second-order valence-corrected chi connectivity index (χ2v) is 7.28. The molecule has 0 aliphatic heterocycles. The van der Waals surface area contributed by atoms with Crippen LogP contribution in [0.1, 0.15) is 31.3 Å². The normalized spacial score (nSPS) is 10.8. The van der Waals surface area contributed by atoms with Crippen LogP contribution in [0.15, 0.2) is 55.1 Å². The molecule has 2 N–H and O–H groups in total. The maximum Gasteiger partial charge on any atom is 0.282 e. The first-order valence-electron chi connectivity index (χ1n) is 8.59. The summed E-state index contributed by atoms with van der Waals surface area (Å²) in [5.74, 6) is -0.837. The van der Waals surface area contributed by atoms with Crippen LogP contribution in [0.2, 0.25) is 0 Å². The van der Waals surface area contributed by atoms with E-state index >= 15 is 0 Å². The zero-order valence-electron chi connectivity index (χ0n) is 15.3. The summed E-state index contributed by atoms with van der Waals surface area (Å²) >= 11 is 1.30. The lowest BCUT2D eigenvalue weighted by Crippen LogP contribution is -2.41. The van der Waals surface area contributed by atoms with Crippen molar-refractivity contribution in [2.75, 3.05) is 0 Å². The van der Waals surface area contributed by atoms with Gasteiger partial charge in [-0.15, -0.1) is 11.3 Å². The van der Waals surface area contributed by atoms with Gasteiger partial charge in [0.1, 0.15) is 9.71 Å². The molecule has 0 atom stereocenters. The van der Waals surface area contributed by atoms with Crippen LogP contribution in [-0.4, -0.2) is 26.3 Å². The molecular weight excluding hydrogens is 374 g/mol. The van der Waals surface area contributed by atoms with Crippen molar-refractivity contribution in [3.63, 3.8) is 0 Å². The van der Waals surface area contributed by atoms with Gasteiger partial charge in [0.25, 0.3) is 11.8 Å². The molecule has 0 saturated heterocycles. The predicted molar refractivity (Wildman–Crippen MR) is 108 cm³/mol. The zero-order chi connectivity index (χ0) is 19.7. The molecule has 0 fully saturated rings. The predicted octanol–water partition coefficient (Wildman–Crippen LogP) is 3.17. The number of aryl methyl sites for hydroxylation is 2. The summed E-state index contributed by atoms with van der Waals surface area (Å²) in [4.78, 5) is 34.8. The second-order valence-electron chi connectivity index (χ2n) is 6.28. The van der Waals surface area contributed by atoms with Gasteiger partial charge in [-0.3, -0.25) is 25.4 Å². The number of fused-ring (bicyclic) bond motifs is 1. The third-order valence-corrected chi connectivity index (χ3v) is 5.32. The van der Waals surface area contributed by atoms with E-state index in [-0.39, 0.29) is 0 Å². The molecule has 4 aromatic rings. The quantitative estimate of drug-likeness (QED) is 0.525. The van der Waals surface area contributed by atoms with Crippen molar-refractivity contribution in [2.45, 2.75) is 13.8 Å². The highest BCUT2D eigenvalue weighted by atomic mass is 32.1. The highest BCUT2D eigenvalue weighted by Crippen LogP contribution is 2.35. The van der Waals surface area contributed by atoms with Crippen LogP contribution in [0.4, 0.5) is 0 Å². The Hall–Kier alpha value is -3.52. The monoisotopic (exact) mass is 391 g/mol. The Kier molecular flexibility index (Phi) is 4.62. The molecule has 0 spiro atoms. The van der Waals surface area contributed by atoms with Crippen molar-refractivity contribution >= 4 is 33.4 Å². The first-order chi connectivity index (χ1) is 13.5. The van der Waals surface area contributed by atoms with Gasteiger partial charge in [-0.05, 0) is 49.7 Å². The van der Waals surface area contributed by atoms with Crippen molar-refractivity contribution < 1.29 is 9.59 Å². The third kappa shape index (κ3) is 3.25. The fraction of sp³-hybridized carbons (Fsp3) is 0.100. The topological polar surface area (TPSA) is 88.9 Å². The van der Waals surface area contributed by atoms with Crippen molar-refractivity contribution in [3.05, 3.63) is 76.8 Å². The van der Waals surface area contributed by atoms with Gasteiger partial charge in [-0.1, -0.05) is 0 Å². The van der Waals surface area contributed by atoms with Crippen LogP contribution < -0.4 is 10.9 Å². The minimum absolute atomic E-state index is 0.359. The highest BCUT2D eigenvalue weighted by Gasteiger charge is 2.22. The summed E-state index contributed by atoms with van der Waals surface area (Å²) in [7, 11) is 0. The van der Waals surface area contributed by atoms with Crippen molar-refractivity contribution in [3.8, 4) is 5.69 Å². The number of hydrogen-bond acceptors (Lipinski definition) is 5. The van der Waals surface area contributed by atoms with Gasteiger partial charge >= 0.3 is 0 Å². The van der Waals surface area contributed by atoms with E-state index in [0.29, 0.717) is 10.4 Å². The number of carbonyl (C=O) groups excluding carboxylic acids is 2. The number of hydrogen-bond donors (Lipinski definition) is 2. The Labute approximate surface area is 165 Å². The fourth-order valence-corrected chi connectivity index (χ4v) is 4.24. The number of pyridine rings is 2. The van der Waals surface area contributed by atoms with Crippen LogP contribution in [-0.2, 0) is 0 Å². The summed E-state index contributed by atoms with van der Waals surface area (Å²) in [6.45, 7) is 3.93. The largest absolute Gasteiger partial charge is 0.322 e. The summed E-state index contributed by atoms with van der Waals surface area (Å²) in [5, 5.41) is 0.926. The molecule has 0 aliphatic rings. The van der Waals surface area contributed by atoms with Gasteiger partial charge in [0.2, 0.25) is 0 Å². The van der Waals surface area contributed by atoms with Gasteiger partial charge in [0.15, 0.2) is 0 Å². The molecule has 4 aromatic heterocycles. The van der Waals surface area contributed by atoms with Gasteiger partial charge in [-0.2, -0.15) is 0 Å². The van der Waals surface area contributed by atoms with Crippen LogP contribution >= 0.6 is 11.3 Å². The van der Waals surface area contributed by atoms with Crippen LogP contribution in [0.5, 0.6) is 0 Å². The molecule has 8 heteroatoms. The Balaban J connectivity index is 1.70. The SMILES string of the molecule is Cc1cc(C)c2c(-n3cccc3)c(C(=O)NNC(=O)c3cccnc3)sc2n1. The number of nitrogens with one attached hydrogen (secondary N) is 2. The number of amides is 2. The van der Waals surface area contributed by atoms with E-state index in [4.69, 9.17) is 0 Å². The van der Waals surface area contributed by atoms with Gasteiger partial charge < -0.3 is 4.57 Å². The smallest absolute Gasteiger partial charge is 0.282 e.